The van der Waals surface area contributed by atoms with Gasteiger partial charge >= 0.3 is 6.03 Å². The van der Waals surface area contributed by atoms with Gasteiger partial charge in [0.15, 0.2) is 0 Å². The van der Waals surface area contributed by atoms with Crippen LogP contribution in [0.3, 0.4) is 0 Å². The molecule has 8 heteroatoms. The van der Waals surface area contributed by atoms with Crippen LogP contribution in [0.5, 0.6) is 0 Å². The zero-order valence-electron chi connectivity index (χ0n) is 17.6. The summed E-state index contributed by atoms with van der Waals surface area (Å²) in [6, 6.07) is 5.35. The fourth-order valence-corrected chi connectivity index (χ4v) is 4.84. The molecule has 0 aliphatic carbocycles. The predicted octanol–water partition coefficient (Wildman–Crippen LogP) is 2.68. The minimum atomic E-state index is -0.364. The second-order valence-corrected chi connectivity index (χ2v) is 9.07. The summed E-state index contributed by atoms with van der Waals surface area (Å²) in [5.74, 6) is 0.350. The SMILES string of the molecule is Cc1c(Cl)cccc1N1CCCN2C3C(=O)N(CCC(C)C)C(=O)N(C)C3NC12. The lowest BCUT2D eigenvalue weighted by molar-refractivity contribution is -0.138. The van der Waals surface area contributed by atoms with E-state index in [2.05, 4.69) is 35.0 Å². The van der Waals surface area contributed by atoms with Gasteiger partial charge in [-0.2, -0.15) is 0 Å². The van der Waals surface area contributed by atoms with Crippen LogP contribution in [0.1, 0.15) is 32.3 Å². The first kappa shape index (κ1) is 20.4. The highest BCUT2D eigenvalue weighted by atomic mass is 35.5. The van der Waals surface area contributed by atoms with Crippen molar-refractivity contribution < 1.29 is 9.59 Å². The van der Waals surface area contributed by atoms with E-state index < -0.39 is 0 Å². The maximum Gasteiger partial charge on any atom is 0.327 e. The van der Waals surface area contributed by atoms with Crippen LogP contribution in [0.4, 0.5) is 10.5 Å². The summed E-state index contributed by atoms with van der Waals surface area (Å²) in [6.45, 7) is 8.40. The minimum Gasteiger partial charge on any atom is -0.343 e. The molecule has 0 saturated carbocycles. The maximum atomic E-state index is 13.4. The molecule has 3 amide bonds. The van der Waals surface area contributed by atoms with Crippen LogP contribution in [0.25, 0.3) is 0 Å². The number of halogens is 1. The number of rotatable bonds is 4. The molecule has 1 N–H and O–H groups in total. The monoisotopic (exact) mass is 419 g/mol. The number of fused-ring (bicyclic) bond motifs is 3. The molecule has 3 saturated heterocycles. The number of hydrogen-bond donors (Lipinski definition) is 1. The zero-order valence-corrected chi connectivity index (χ0v) is 18.3. The van der Waals surface area contributed by atoms with Crippen molar-refractivity contribution >= 4 is 29.2 Å². The largest absolute Gasteiger partial charge is 0.343 e. The summed E-state index contributed by atoms with van der Waals surface area (Å²) < 4.78 is 0. The van der Waals surface area contributed by atoms with E-state index in [0.717, 1.165) is 42.2 Å². The van der Waals surface area contributed by atoms with Crippen LogP contribution in [0.15, 0.2) is 18.2 Å². The first-order chi connectivity index (χ1) is 13.8. The van der Waals surface area contributed by atoms with E-state index in [-0.39, 0.29) is 30.4 Å². The van der Waals surface area contributed by atoms with Crippen LogP contribution in [-0.2, 0) is 4.79 Å². The fraction of sp³-hybridized carbons (Fsp3) is 0.619. The van der Waals surface area contributed by atoms with E-state index in [1.807, 2.05) is 19.1 Å². The van der Waals surface area contributed by atoms with E-state index in [9.17, 15) is 9.59 Å². The third-order valence-corrected chi connectivity index (χ3v) is 6.76. The van der Waals surface area contributed by atoms with E-state index in [4.69, 9.17) is 11.6 Å². The van der Waals surface area contributed by atoms with Crippen molar-refractivity contribution in [2.24, 2.45) is 5.92 Å². The second kappa shape index (κ2) is 7.78. The molecular weight excluding hydrogens is 390 g/mol. The summed E-state index contributed by atoms with van der Waals surface area (Å²) in [7, 11) is 1.79. The van der Waals surface area contributed by atoms with Gasteiger partial charge in [-0.15, -0.1) is 0 Å². The van der Waals surface area contributed by atoms with Crippen LogP contribution in [-0.4, -0.2) is 71.8 Å². The minimum absolute atomic E-state index is 0.0848. The van der Waals surface area contributed by atoms with Gasteiger partial charge < -0.3 is 9.80 Å². The number of amides is 3. The van der Waals surface area contributed by atoms with Crippen LogP contribution < -0.4 is 10.2 Å². The highest BCUT2D eigenvalue weighted by molar-refractivity contribution is 6.31. The van der Waals surface area contributed by atoms with Crippen molar-refractivity contribution in [3.63, 3.8) is 0 Å². The Morgan fingerprint density at radius 2 is 2.00 bits per heavy atom. The molecule has 3 aliphatic rings. The Labute approximate surface area is 177 Å². The number of imide groups is 1. The van der Waals surface area contributed by atoms with E-state index in [1.54, 1.807) is 11.9 Å². The molecule has 4 rings (SSSR count). The van der Waals surface area contributed by atoms with E-state index in [0.29, 0.717) is 12.5 Å². The third-order valence-electron chi connectivity index (χ3n) is 6.35. The van der Waals surface area contributed by atoms with Gasteiger partial charge in [-0.3, -0.25) is 19.9 Å². The van der Waals surface area contributed by atoms with Gasteiger partial charge in [0.05, 0.1) is 0 Å². The average Bonchev–Trinajstić information content (AvgIpc) is 3.08. The van der Waals surface area contributed by atoms with Crippen molar-refractivity contribution in [1.82, 2.24) is 20.0 Å². The summed E-state index contributed by atoms with van der Waals surface area (Å²) in [5.41, 5.74) is 2.10. The van der Waals surface area contributed by atoms with Crippen LogP contribution >= 0.6 is 11.6 Å². The average molecular weight is 420 g/mol. The highest BCUT2D eigenvalue weighted by Gasteiger charge is 2.56. The normalized spacial score (nSPS) is 27.7. The summed E-state index contributed by atoms with van der Waals surface area (Å²) in [4.78, 5) is 33.8. The molecule has 1 aromatic carbocycles. The Hall–Kier alpha value is -1.83. The highest BCUT2D eigenvalue weighted by Crippen LogP contribution is 2.35. The fourth-order valence-electron chi connectivity index (χ4n) is 4.67. The molecule has 3 aliphatic heterocycles. The van der Waals surface area contributed by atoms with E-state index in [1.165, 1.54) is 4.90 Å². The molecule has 0 radical (unpaired) electrons. The standard InChI is InChI=1S/C21H30ClN5O2/c1-13(2)9-12-27-19(28)17-18(24(4)21(27)29)23-20-25(10-6-11-26(17)20)16-8-5-7-15(22)14(16)3/h5,7-8,13,17-18,20,23H,6,9-12H2,1-4H3. The van der Waals surface area contributed by atoms with Crippen molar-refractivity contribution in [3.8, 4) is 0 Å². The van der Waals surface area contributed by atoms with E-state index >= 15 is 0 Å². The van der Waals surface area contributed by atoms with Gasteiger partial charge in [-0.1, -0.05) is 31.5 Å². The Morgan fingerprint density at radius 3 is 2.72 bits per heavy atom. The molecule has 1 aromatic rings. The smallest absolute Gasteiger partial charge is 0.327 e. The number of hydrogen-bond acceptors (Lipinski definition) is 5. The molecule has 7 nitrogen and oxygen atoms in total. The van der Waals surface area contributed by atoms with Gasteiger partial charge in [-0.25, -0.2) is 4.79 Å². The Bertz CT molecular complexity index is 816. The number of nitrogens with zero attached hydrogens (tertiary/aromatic N) is 4. The summed E-state index contributed by atoms with van der Waals surface area (Å²) >= 11 is 6.37. The van der Waals surface area contributed by atoms with Gasteiger partial charge in [0.25, 0.3) is 5.91 Å². The van der Waals surface area contributed by atoms with Crippen LogP contribution in [0.2, 0.25) is 5.02 Å². The van der Waals surface area contributed by atoms with Gasteiger partial charge in [0.1, 0.15) is 18.5 Å². The Morgan fingerprint density at radius 1 is 1.24 bits per heavy atom. The van der Waals surface area contributed by atoms with Gasteiger partial charge in [0.2, 0.25) is 0 Å². The van der Waals surface area contributed by atoms with Crippen molar-refractivity contribution in [2.75, 3.05) is 31.6 Å². The number of nitrogens with one attached hydrogen (secondary N) is 1. The van der Waals surface area contributed by atoms with Crippen molar-refractivity contribution in [3.05, 3.63) is 28.8 Å². The molecule has 0 spiro atoms. The molecule has 0 aromatic heterocycles. The molecule has 158 valence electrons. The first-order valence-electron chi connectivity index (χ1n) is 10.4. The maximum absolute atomic E-state index is 13.4. The number of benzene rings is 1. The molecule has 0 bridgehead atoms. The molecule has 3 unspecified atom stereocenters. The number of carbonyl (C=O) groups excluding carboxylic acids is 2. The number of carbonyl (C=O) groups is 2. The number of anilines is 1. The second-order valence-electron chi connectivity index (χ2n) is 8.66. The molecule has 3 heterocycles. The summed E-state index contributed by atoms with van der Waals surface area (Å²) in [6.07, 6.45) is 1.30. The molecular formula is C21H30ClN5O2. The van der Waals surface area contributed by atoms with Crippen molar-refractivity contribution in [2.45, 2.75) is 52.1 Å². The third kappa shape index (κ3) is 3.39. The summed E-state index contributed by atoms with van der Waals surface area (Å²) in [5, 5.41) is 4.29. The van der Waals surface area contributed by atoms with Gasteiger partial charge in [0, 0.05) is 37.4 Å². The van der Waals surface area contributed by atoms with Crippen molar-refractivity contribution in [1.29, 1.82) is 0 Å². The number of likely N-dealkylation sites (N-methyl/N-ethyl adjacent to an activating group) is 1. The van der Waals surface area contributed by atoms with Gasteiger partial charge in [-0.05, 0) is 43.4 Å². The zero-order chi connectivity index (χ0) is 20.9. The van der Waals surface area contributed by atoms with Crippen LogP contribution in [0, 0.1) is 12.8 Å². The lowest BCUT2D eigenvalue weighted by atomic mass is 10.1. The molecule has 29 heavy (non-hydrogen) atoms. The Balaban J connectivity index is 1.63. The molecule has 3 atom stereocenters. The lowest BCUT2D eigenvalue weighted by Crippen LogP contribution is -2.66. The molecule has 3 fully saturated rings. The first-order valence-corrected chi connectivity index (χ1v) is 10.8. The predicted molar refractivity (Wildman–Crippen MR) is 114 cm³/mol. The quantitative estimate of drug-likeness (QED) is 0.813. The topological polar surface area (TPSA) is 59.1 Å². The lowest BCUT2D eigenvalue weighted by Gasteiger charge is -2.44. The Kier molecular flexibility index (Phi) is 5.48. The number of urea groups is 1.